The Bertz CT molecular complexity index is 701. The molecule has 1 saturated heterocycles. The number of para-hydroxylation sites is 1. The topological polar surface area (TPSA) is 97.3 Å². The zero-order valence-corrected chi connectivity index (χ0v) is 14.8. The smallest absolute Gasteiger partial charge is 0.387 e. The molecular formula is C16H19FN2O6P+. The molecule has 0 spiro atoms. The summed E-state index contributed by atoms with van der Waals surface area (Å²) in [6.45, 7) is 1.11. The second kappa shape index (κ2) is 7.67. The van der Waals surface area contributed by atoms with Crippen molar-refractivity contribution in [1.82, 2.24) is 10.2 Å². The van der Waals surface area contributed by atoms with Gasteiger partial charge >= 0.3 is 14.3 Å². The number of rotatable bonds is 6. The summed E-state index contributed by atoms with van der Waals surface area (Å²) >= 11 is 0. The molecular weight excluding hydrogens is 366 g/mol. The number of alkyl halides is 1. The first-order valence-corrected chi connectivity index (χ1v) is 9.07. The Morgan fingerprint density at radius 2 is 2.19 bits per heavy atom. The molecule has 2 aliphatic rings. The van der Waals surface area contributed by atoms with Gasteiger partial charge < -0.3 is 15.2 Å². The number of amides is 2. The number of carbonyl (C=O) groups excluding carboxylic acids is 1. The molecule has 3 rings (SSSR count). The molecule has 8 nitrogen and oxygen atoms in total. The summed E-state index contributed by atoms with van der Waals surface area (Å²) in [7, 11) is -2.53. The molecule has 0 aromatic heterocycles. The number of urea groups is 1. The fourth-order valence-electron chi connectivity index (χ4n) is 2.73. The lowest BCUT2D eigenvalue weighted by atomic mass is 9.98. The van der Waals surface area contributed by atoms with Crippen molar-refractivity contribution in [2.75, 3.05) is 13.2 Å². The van der Waals surface area contributed by atoms with Gasteiger partial charge in [-0.05, 0) is 25.1 Å². The average Bonchev–Trinajstić information content (AvgIpc) is 2.84. The summed E-state index contributed by atoms with van der Waals surface area (Å²) in [6.07, 6.45) is -0.999. The highest BCUT2D eigenvalue weighted by Gasteiger charge is 2.57. The standard InChI is InChI=1S/C16H18FN2O6P/c1-16(17)13(20)12(24-14(16)19-9-5-8-18-15(19)21)10-23-26(22)25-11-6-3-2-4-7-11/h2-7,9,12-14,20H,8,10H2,1H3/p+1/t12?,13-,14?,16-/m1/s1. The number of carbonyl (C=O) groups is 1. The molecule has 1 fully saturated rings. The van der Waals surface area contributed by atoms with E-state index in [0.717, 1.165) is 11.8 Å². The lowest BCUT2D eigenvalue weighted by molar-refractivity contribution is -0.0705. The maximum atomic E-state index is 15.0. The lowest BCUT2D eigenvalue weighted by Crippen LogP contribution is -2.54. The lowest BCUT2D eigenvalue weighted by Gasteiger charge is -2.33. The molecule has 1 aromatic carbocycles. The number of halogens is 1. The van der Waals surface area contributed by atoms with E-state index in [9.17, 15) is 18.9 Å². The SMILES string of the molecule is C[C@]1(F)C(N2C=CCNC2=O)OC(CO[P+](=O)Oc2ccccc2)[C@H]1O. The summed E-state index contributed by atoms with van der Waals surface area (Å²) in [5.41, 5.74) is -2.24. The molecule has 0 radical (unpaired) electrons. The van der Waals surface area contributed by atoms with Crippen LogP contribution in [0.5, 0.6) is 5.75 Å². The fourth-order valence-corrected chi connectivity index (χ4v) is 3.35. The first-order valence-electron chi connectivity index (χ1n) is 7.98. The number of ether oxygens (including phenoxy) is 1. The van der Waals surface area contributed by atoms with Crippen LogP contribution in [0.1, 0.15) is 6.92 Å². The van der Waals surface area contributed by atoms with E-state index in [4.69, 9.17) is 13.8 Å². The van der Waals surface area contributed by atoms with E-state index >= 15 is 0 Å². The number of nitrogens with zero attached hydrogens (tertiary/aromatic N) is 1. The van der Waals surface area contributed by atoms with Gasteiger partial charge in [0.15, 0.2) is 17.6 Å². The first-order chi connectivity index (χ1) is 12.4. The van der Waals surface area contributed by atoms with Gasteiger partial charge in [-0.15, -0.1) is 4.52 Å². The van der Waals surface area contributed by atoms with Crippen LogP contribution in [0.2, 0.25) is 0 Å². The molecule has 140 valence electrons. The van der Waals surface area contributed by atoms with Gasteiger partial charge in [0.05, 0.1) is 0 Å². The second-order valence-corrected chi connectivity index (χ2v) is 6.91. The van der Waals surface area contributed by atoms with Crippen LogP contribution in [0.3, 0.4) is 0 Å². The minimum Gasteiger partial charge on any atom is -0.387 e. The van der Waals surface area contributed by atoms with Crippen molar-refractivity contribution in [3.05, 3.63) is 42.6 Å². The Morgan fingerprint density at radius 3 is 2.88 bits per heavy atom. The maximum Gasteiger partial charge on any atom is 0.750 e. The summed E-state index contributed by atoms with van der Waals surface area (Å²) in [6, 6.07) is 7.86. The van der Waals surface area contributed by atoms with Crippen LogP contribution in [-0.4, -0.2) is 53.3 Å². The molecule has 0 aliphatic carbocycles. The Balaban J connectivity index is 1.60. The first kappa shape index (κ1) is 18.7. The number of aliphatic hydroxyl groups excluding tert-OH is 1. The van der Waals surface area contributed by atoms with E-state index in [1.807, 2.05) is 0 Å². The average molecular weight is 385 g/mol. The molecule has 0 bridgehead atoms. The van der Waals surface area contributed by atoms with E-state index in [2.05, 4.69) is 5.32 Å². The molecule has 10 heteroatoms. The van der Waals surface area contributed by atoms with Gasteiger partial charge in [-0.1, -0.05) is 18.2 Å². The van der Waals surface area contributed by atoms with Crippen molar-refractivity contribution in [2.24, 2.45) is 0 Å². The Kier molecular flexibility index (Phi) is 5.52. The van der Waals surface area contributed by atoms with E-state index in [1.165, 1.54) is 6.20 Å². The van der Waals surface area contributed by atoms with Crippen LogP contribution in [0.25, 0.3) is 0 Å². The monoisotopic (exact) mass is 385 g/mol. The van der Waals surface area contributed by atoms with Gasteiger partial charge in [-0.2, -0.15) is 0 Å². The van der Waals surface area contributed by atoms with Crippen molar-refractivity contribution in [3.63, 3.8) is 0 Å². The van der Waals surface area contributed by atoms with Crippen LogP contribution in [-0.2, 0) is 13.8 Å². The number of benzene rings is 1. The highest BCUT2D eigenvalue weighted by atomic mass is 31.1. The fraction of sp³-hybridized carbons (Fsp3) is 0.438. The van der Waals surface area contributed by atoms with Gasteiger partial charge in [0.1, 0.15) is 18.8 Å². The third-order valence-electron chi connectivity index (χ3n) is 4.11. The normalized spacial score (nSPS) is 31.7. The molecule has 1 aromatic rings. The molecule has 3 unspecified atom stereocenters. The molecule has 2 heterocycles. The third-order valence-corrected chi connectivity index (χ3v) is 4.83. The summed E-state index contributed by atoms with van der Waals surface area (Å²) in [4.78, 5) is 12.9. The number of hydrogen-bond acceptors (Lipinski definition) is 6. The highest BCUT2D eigenvalue weighted by molar-refractivity contribution is 7.33. The van der Waals surface area contributed by atoms with Gasteiger partial charge in [-0.25, -0.2) is 13.7 Å². The highest BCUT2D eigenvalue weighted by Crippen LogP contribution is 2.38. The molecule has 26 heavy (non-hydrogen) atoms. The van der Waals surface area contributed by atoms with Crippen molar-refractivity contribution >= 4 is 14.3 Å². The summed E-state index contributed by atoms with van der Waals surface area (Å²) in [5.74, 6) is 0.352. The summed E-state index contributed by atoms with van der Waals surface area (Å²) < 4.78 is 42.4. The number of nitrogens with one attached hydrogen (secondary N) is 1. The minimum atomic E-state index is -2.53. The third kappa shape index (κ3) is 3.86. The van der Waals surface area contributed by atoms with Gasteiger partial charge in [0, 0.05) is 17.3 Å². The molecule has 0 saturated carbocycles. The second-order valence-electron chi connectivity index (χ2n) is 6.02. The van der Waals surface area contributed by atoms with Crippen molar-refractivity contribution in [3.8, 4) is 5.75 Å². The van der Waals surface area contributed by atoms with Crippen molar-refractivity contribution in [2.45, 2.75) is 31.0 Å². The van der Waals surface area contributed by atoms with Crippen LogP contribution >= 0.6 is 8.25 Å². The van der Waals surface area contributed by atoms with Crippen molar-refractivity contribution < 1.29 is 32.6 Å². The zero-order chi connectivity index (χ0) is 18.7. The summed E-state index contributed by atoms with van der Waals surface area (Å²) in [5, 5.41) is 12.7. The predicted molar refractivity (Wildman–Crippen MR) is 89.2 cm³/mol. The van der Waals surface area contributed by atoms with E-state index in [1.54, 1.807) is 36.4 Å². The van der Waals surface area contributed by atoms with E-state index in [-0.39, 0.29) is 6.61 Å². The van der Waals surface area contributed by atoms with Gasteiger partial charge in [0.2, 0.25) is 0 Å². The molecule has 2 aliphatic heterocycles. The molecule has 5 atom stereocenters. The van der Waals surface area contributed by atoms with Crippen LogP contribution in [0.4, 0.5) is 9.18 Å². The van der Waals surface area contributed by atoms with Gasteiger partial charge in [0.25, 0.3) is 0 Å². The van der Waals surface area contributed by atoms with E-state index in [0.29, 0.717) is 12.3 Å². The quantitative estimate of drug-likeness (QED) is 0.728. The Hall–Kier alpha value is -2.06. The zero-order valence-electron chi connectivity index (χ0n) is 13.9. The maximum absolute atomic E-state index is 15.0. The molecule has 2 N–H and O–H groups in total. The predicted octanol–water partition coefficient (Wildman–Crippen LogP) is 2.09. The number of hydrogen-bond donors (Lipinski definition) is 2. The molecule has 2 amide bonds. The Labute approximate surface area is 150 Å². The Morgan fingerprint density at radius 1 is 1.46 bits per heavy atom. The van der Waals surface area contributed by atoms with Gasteiger partial charge in [-0.3, -0.25) is 4.90 Å². The van der Waals surface area contributed by atoms with Crippen molar-refractivity contribution in [1.29, 1.82) is 0 Å². The van der Waals surface area contributed by atoms with E-state index < -0.39 is 38.4 Å². The van der Waals surface area contributed by atoms with Crippen LogP contribution in [0.15, 0.2) is 42.6 Å². The largest absolute Gasteiger partial charge is 0.750 e. The minimum absolute atomic E-state index is 0.331. The van der Waals surface area contributed by atoms with Crippen LogP contribution in [0, 0.1) is 0 Å². The van der Waals surface area contributed by atoms with Crippen LogP contribution < -0.4 is 9.84 Å². The number of aliphatic hydroxyl groups is 1.